The molecule has 18 heavy (non-hydrogen) atoms. The van der Waals surface area contributed by atoms with Gasteiger partial charge in [-0.2, -0.15) is 0 Å². The average molecular weight is 276 g/mol. The van der Waals surface area contributed by atoms with E-state index in [2.05, 4.69) is 5.32 Å². The second-order valence-corrected chi connectivity index (χ2v) is 7.12. The highest BCUT2D eigenvalue weighted by atomic mass is 32.2. The fourth-order valence-electron chi connectivity index (χ4n) is 2.28. The molecule has 2 fully saturated rings. The third kappa shape index (κ3) is 3.93. The zero-order valence-electron chi connectivity index (χ0n) is 10.4. The average Bonchev–Trinajstić information content (AvgIpc) is 2.51. The van der Waals surface area contributed by atoms with Crippen molar-refractivity contribution in [1.29, 1.82) is 0 Å². The van der Waals surface area contributed by atoms with Crippen molar-refractivity contribution >= 4 is 15.7 Å². The lowest BCUT2D eigenvalue weighted by Crippen LogP contribution is -2.45. The number of hydrogen-bond donors (Lipinski definition) is 1. The van der Waals surface area contributed by atoms with Crippen molar-refractivity contribution in [3.05, 3.63) is 0 Å². The van der Waals surface area contributed by atoms with Crippen molar-refractivity contribution in [1.82, 2.24) is 10.2 Å². The third-order valence-corrected chi connectivity index (χ3v) is 5.04. The largest absolute Gasteiger partial charge is 0.378 e. The first-order chi connectivity index (χ1) is 8.57. The van der Waals surface area contributed by atoms with Gasteiger partial charge >= 0.3 is 0 Å². The van der Waals surface area contributed by atoms with Crippen molar-refractivity contribution in [3.8, 4) is 0 Å². The van der Waals surface area contributed by atoms with Crippen molar-refractivity contribution in [2.24, 2.45) is 0 Å². The van der Waals surface area contributed by atoms with Crippen LogP contribution in [0.1, 0.15) is 12.8 Å². The molecule has 2 rings (SSSR count). The van der Waals surface area contributed by atoms with Gasteiger partial charge in [0.25, 0.3) is 0 Å². The normalized spacial score (nSPS) is 28.7. The van der Waals surface area contributed by atoms with Crippen LogP contribution in [0.3, 0.4) is 0 Å². The second kappa shape index (κ2) is 5.99. The summed E-state index contributed by atoms with van der Waals surface area (Å²) in [7, 11) is -2.95. The van der Waals surface area contributed by atoms with Crippen LogP contribution in [0.5, 0.6) is 0 Å². The Morgan fingerprint density at radius 3 is 2.89 bits per heavy atom. The number of carbonyl (C=O) groups excluding carboxylic acids is 1. The molecule has 2 aliphatic heterocycles. The van der Waals surface area contributed by atoms with Gasteiger partial charge in [-0.3, -0.25) is 4.79 Å². The number of rotatable bonds is 2. The van der Waals surface area contributed by atoms with Crippen molar-refractivity contribution < 1.29 is 17.9 Å². The molecule has 0 saturated carbocycles. The Labute approximate surface area is 108 Å². The fourth-order valence-corrected chi connectivity index (χ4v) is 3.55. The summed E-state index contributed by atoms with van der Waals surface area (Å²) in [4.78, 5) is 13.7. The molecule has 2 heterocycles. The van der Waals surface area contributed by atoms with E-state index < -0.39 is 9.84 Å². The van der Waals surface area contributed by atoms with Crippen LogP contribution in [-0.4, -0.2) is 69.6 Å². The molecule has 0 radical (unpaired) electrons. The van der Waals surface area contributed by atoms with Crippen molar-refractivity contribution in [2.45, 2.75) is 18.9 Å². The lowest BCUT2D eigenvalue weighted by atomic mass is 10.1. The molecule has 7 heteroatoms. The molecule has 0 aromatic heterocycles. The van der Waals surface area contributed by atoms with Crippen LogP contribution in [0.15, 0.2) is 0 Å². The quantitative estimate of drug-likeness (QED) is 0.701. The third-order valence-electron chi connectivity index (χ3n) is 3.33. The molecule has 0 spiro atoms. The van der Waals surface area contributed by atoms with Gasteiger partial charge in [-0.15, -0.1) is 0 Å². The summed E-state index contributed by atoms with van der Waals surface area (Å²) in [6.45, 7) is 2.89. The standard InChI is InChI=1S/C11H20N2O4S/c14-11(8-10-9-17-5-2-12-10)13-3-1-6-18(15,16)7-4-13/h10,12H,1-9H2. The topological polar surface area (TPSA) is 75.7 Å². The summed E-state index contributed by atoms with van der Waals surface area (Å²) < 4.78 is 28.2. The molecular formula is C11H20N2O4S. The van der Waals surface area contributed by atoms with Crippen LogP contribution < -0.4 is 5.32 Å². The molecule has 1 N–H and O–H groups in total. The minimum absolute atomic E-state index is 0.0232. The van der Waals surface area contributed by atoms with E-state index in [-0.39, 0.29) is 23.5 Å². The van der Waals surface area contributed by atoms with E-state index >= 15 is 0 Å². The molecule has 0 aromatic rings. The van der Waals surface area contributed by atoms with Gasteiger partial charge in [0.15, 0.2) is 9.84 Å². The van der Waals surface area contributed by atoms with Crippen LogP contribution in [0.25, 0.3) is 0 Å². The van der Waals surface area contributed by atoms with Gasteiger partial charge in [0.05, 0.1) is 24.7 Å². The molecule has 0 aromatic carbocycles. The summed E-state index contributed by atoms with van der Waals surface area (Å²) in [6.07, 6.45) is 0.933. The van der Waals surface area contributed by atoms with Gasteiger partial charge in [0.2, 0.25) is 5.91 Å². The number of sulfone groups is 1. The minimum atomic E-state index is -2.95. The lowest BCUT2D eigenvalue weighted by Gasteiger charge is -2.26. The molecule has 6 nitrogen and oxygen atoms in total. The van der Waals surface area contributed by atoms with E-state index in [0.29, 0.717) is 39.1 Å². The smallest absolute Gasteiger partial charge is 0.224 e. The Kier molecular flexibility index (Phi) is 4.58. The van der Waals surface area contributed by atoms with E-state index in [9.17, 15) is 13.2 Å². The zero-order chi connectivity index (χ0) is 13.0. The first-order valence-electron chi connectivity index (χ1n) is 6.36. The first-order valence-corrected chi connectivity index (χ1v) is 8.18. The number of ether oxygens (including phenoxy) is 1. The highest BCUT2D eigenvalue weighted by Gasteiger charge is 2.25. The highest BCUT2D eigenvalue weighted by molar-refractivity contribution is 7.91. The van der Waals surface area contributed by atoms with Crippen LogP contribution in [0, 0.1) is 0 Å². The van der Waals surface area contributed by atoms with Crippen LogP contribution in [0.2, 0.25) is 0 Å². The molecule has 0 bridgehead atoms. The summed E-state index contributed by atoms with van der Waals surface area (Å²) in [6, 6.07) is 0.0612. The van der Waals surface area contributed by atoms with Gasteiger partial charge < -0.3 is 15.0 Å². The lowest BCUT2D eigenvalue weighted by molar-refractivity contribution is -0.132. The Morgan fingerprint density at radius 1 is 1.33 bits per heavy atom. The van der Waals surface area contributed by atoms with Crippen LogP contribution in [0.4, 0.5) is 0 Å². The van der Waals surface area contributed by atoms with E-state index in [0.717, 1.165) is 6.54 Å². The van der Waals surface area contributed by atoms with Gasteiger partial charge in [-0.25, -0.2) is 8.42 Å². The number of nitrogens with zero attached hydrogens (tertiary/aromatic N) is 1. The van der Waals surface area contributed by atoms with E-state index in [1.54, 1.807) is 4.90 Å². The first kappa shape index (κ1) is 13.8. The Balaban J connectivity index is 1.84. The van der Waals surface area contributed by atoms with E-state index in [4.69, 9.17) is 4.74 Å². The fraction of sp³-hybridized carbons (Fsp3) is 0.909. The molecule has 1 unspecified atom stereocenters. The molecule has 1 amide bonds. The van der Waals surface area contributed by atoms with Crippen molar-refractivity contribution in [3.63, 3.8) is 0 Å². The van der Waals surface area contributed by atoms with E-state index in [1.165, 1.54) is 0 Å². The Morgan fingerprint density at radius 2 is 2.17 bits per heavy atom. The molecule has 2 aliphatic rings. The van der Waals surface area contributed by atoms with E-state index in [1.807, 2.05) is 0 Å². The number of amides is 1. The zero-order valence-corrected chi connectivity index (χ0v) is 11.2. The van der Waals surface area contributed by atoms with Crippen LogP contribution in [-0.2, 0) is 19.4 Å². The molecule has 104 valence electrons. The summed E-state index contributed by atoms with van der Waals surface area (Å²) >= 11 is 0. The predicted octanol–water partition coefficient (Wildman–Crippen LogP) is -0.988. The molecular weight excluding hydrogens is 256 g/mol. The van der Waals surface area contributed by atoms with Crippen molar-refractivity contribution in [2.75, 3.05) is 44.4 Å². The maximum atomic E-state index is 12.1. The Bertz CT molecular complexity index is 390. The molecule has 2 saturated heterocycles. The number of nitrogens with one attached hydrogen (secondary N) is 1. The maximum absolute atomic E-state index is 12.1. The monoisotopic (exact) mass is 276 g/mol. The predicted molar refractivity (Wildman–Crippen MR) is 67.1 cm³/mol. The maximum Gasteiger partial charge on any atom is 0.224 e. The number of carbonyl (C=O) groups is 1. The summed E-state index contributed by atoms with van der Waals surface area (Å²) in [5.41, 5.74) is 0. The second-order valence-electron chi connectivity index (χ2n) is 4.82. The SMILES string of the molecule is O=C(CC1COCCN1)N1CCCS(=O)(=O)CC1. The van der Waals surface area contributed by atoms with Gasteiger partial charge in [-0.05, 0) is 6.42 Å². The number of hydrogen-bond acceptors (Lipinski definition) is 5. The minimum Gasteiger partial charge on any atom is -0.378 e. The summed E-state index contributed by atoms with van der Waals surface area (Å²) in [5.74, 6) is 0.310. The van der Waals surface area contributed by atoms with Gasteiger partial charge in [-0.1, -0.05) is 0 Å². The van der Waals surface area contributed by atoms with Gasteiger partial charge in [0, 0.05) is 32.1 Å². The van der Waals surface area contributed by atoms with Gasteiger partial charge in [0.1, 0.15) is 0 Å². The highest BCUT2D eigenvalue weighted by Crippen LogP contribution is 2.08. The number of morpholine rings is 1. The van der Waals surface area contributed by atoms with Crippen LogP contribution >= 0.6 is 0 Å². The molecule has 0 aliphatic carbocycles. The molecule has 1 atom stereocenters. The Hall–Kier alpha value is -0.660. The summed E-state index contributed by atoms with van der Waals surface area (Å²) in [5, 5.41) is 3.23.